The molecular weight excluding hydrogens is 394 g/mol. The Labute approximate surface area is 161 Å². The fourth-order valence-corrected chi connectivity index (χ4v) is 3.26. The molecule has 0 spiro atoms. The molecule has 0 aliphatic carbocycles. The smallest absolute Gasteiger partial charge is 0.244 e. The van der Waals surface area contributed by atoms with E-state index in [1.54, 1.807) is 19.4 Å². The number of likely N-dealkylation sites (N-methyl/N-ethyl adjacent to an activating group) is 1. The van der Waals surface area contributed by atoms with E-state index in [1.807, 2.05) is 50.2 Å². The molecule has 26 heavy (non-hydrogen) atoms. The Balaban J connectivity index is 2.19. The topological polar surface area (TPSA) is 51.5 Å². The van der Waals surface area contributed by atoms with Crippen LogP contribution in [-0.4, -0.2) is 19.6 Å². The van der Waals surface area contributed by atoms with Crippen molar-refractivity contribution in [1.82, 2.24) is 5.32 Å². The lowest BCUT2D eigenvalue weighted by Crippen LogP contribution is -2.14. The predicted octanol–water partition coefficient (Wildman–Crippen LogP) is 5.41. The fraction of sp³-hybridized carbons (Fsp3) is 0.190. The zero-order valence-corrected chi connectivity index (χ0v) is 16.5. The number of furan rings is 1. The molecule has 3 aromatic rings. The molecule has 0 aliphatic heterocycles. The quantitative estimate of drug-likeness (QED) is 0.568. The maximum absolute atomic E-state index is 11.8. The molecule has 2 aromatic carbocycles. The molecule has 0 saturated carbocycles. The Hall–Kier alpha value is -2.53. The van der Waals surface area contributed by atoms with Gasteiger partial charge in [-0.3, -0.25) is 4.79 Å². The largest absolute Gasteiger partial charge is 0.493 e. The number of hydrogen-bond donors (Lipinski definition) is 1. The lowest BCUT2D eigenvalue weighted by atomic mass is 9.99. The highest BCUT2D eigenvalue weighted by Gasteiger charge is 2.15. The van der Waals surface area contributed by atoms with Crippen LogP contribution in [0.25, 0.3) is 27.7 Å². The van der Waals surface area contributed by atoms with Crippen molar-refractivity contribution in [2.24, 2.45) is 0 Å². The number of allylic oxidation sites excluding steroid dienone is 1. The van der Waals surface area contributed by atoms with Crippen molar-refractivity contribution < 1.29 is 13.9 Å². The van der Waals surface area contributed by atoms with Crippen molar-refractivity contribution in [3.05, 3.63) is 58.8 Å². The highest BCUT2D eigenvalue weighted by Crippen LogP contribution is 2.38. The second-order valence-corrected chi connectivity index (χ2v) is 6.79. The van der Waals surface area contributed by atoms with E-state index in [0.717, 1.165) is 37.7 Å². The van der Waals surface area contributed by atoms with Gasteiger partial charge < -0.3 is 14.5 Å². The molecule has 0 saturated heterocycles. The van der Waals surface area contributed by atoms with Gasteiger partial charge in [0.2, 0.25) is 5.91 Å². The van der Waals surface area contributed by atoms with Crippen LogP contribution in [0.5, 0.6) is 5.75 Å². The summed E-state index contributed by atoms with van der Waals surface area (Å²) in [6.45, 7) is 4.36. The summed E-state index contributed by atoms with van der Waals surface area (Å²) in [5, 5.41) is 3.59. The van der Waals surface area contributed by atoms with E-state index in [2.05, 4.69) is 21.2 Å². The Morgan fingerprint density at radius 2 is 2.12 bits per heavy atom. The number of ether oxygens (including phenoxy) is 1. The van der Waals surface area contributed by atoms with Crippen LogP contribution in [-0.2, 0) is 4.79 Å². The first-order chi connectivity index (χ1) is 12.5. The van der Waals surface area contributed by atoms with Gasteiger partial charge in [-0.05, 0) is 43.2 Å². The molecule has 1 aromatic heterocycles. The minimum absolute atomic E-state index is 0.149. The lowest BCUT2D eigenvalue weighted by Gasteiger charge is -2.11. The molecule has 1 amide bonds. The Morgan fingerprint density at radius 1 is 1.31 bits per heavy atom. The van der Waals surface area contributed by atoms with Gasteiger partial charge in [-0.15, -0.1) is 0 Å². The molecule has 0 radical (unpaired) electrons. The normalized spacial score (nSPS) is 11.6. The first-order valence-electron chi connectivity index (χ1n) is 8.37. The van der Waals surface area contributed by atoms with Crippen LogP contribution < -0.4 is 10.1 Å². The molecule has 0 bridgehead atoms. The van der Waals surface area contributed by atoms with Gasteiger partial charge in [0.15, 0.2) is 0 Å². The predicted molar refractivity (Wildman–Crippen MR) is 108 cm³/mol. The number of halogens is 1. The SMILES string of the molecule is CCOc1cc2occ(-c3cccc(Br)c3)c2cc1/C(C)=C/C(=O)NC. The minimum atomic E-state index is -0.149. The maximum Gasteiger partial charge on any atom is 0.244 e. The molecule has 4 nitrogen and oxygen atoms in total. The van der Waals surface area contributed by atoms with Gasteiger partial charge >= 0.3 is 0 Å². The van der Waals surface area contributed by atoms with Crippen LogP contribution in [0.1, 0.15) is 19.4 Å². The Morgan fingerprint density at radius 3 is 2.81 bits per heavy atom. The second-order valence-electron chi connectivity index (χ2n) is 5.88. The number of rotatable bonds is 5. The van der Waals surface area contributed by atoms with E-state index >= 15 is 0 Å². The number of carbonyl (C=O) groups is 1. The second kappa shape index (κ2) is 7.79. The van der Waals surface area contributed by atoms with E-state index in [4.69, 9.17) is 9.15 Å². The van der Waals surface area contributed by atoms with E-state index in [9.17, 15) is 4.79 Å². The van der Waals surface area contributed by atoms with Crippen LogP contribution in [0.15, 0.2) is 57.6 Å². The van der Waals surface area contributed by atoms with Gasteiger partial charge in [-0.1, -0.05) is 28.1 Å². The van der Waals surface area contributed by atoms with E-state index in [-0.39, 0.29) is 5.91 Å². The number of benzene rings is 2. The van der Waals surface area contributed by atoms with Gasteiger partial charge in [0.25, 0.3) is 0 Å². The third-order valence-corrected chi connectivity index (χ3v) is 4.62. The van der Waals surface area contributed by atoms with Gasteiger partial charge in [-0.2, -0.15) is 0 Å². The molecule has 0 atom stereocenters. The van der Waals surface area contributed by atoms with Gasteiger partial charge in [0, 0.05) is 40.2 Å². The molecule has 0 fully saturated rings. The fourth-order valence-electron chi connectivity index (χ4n) is 2.86. The van der Waals surface area contributed by atoms with Crippen LogP contribution in [0.2, 0.25) is 0 Å². The van der Waals surface area contributed by atoms with Gasteiger partial charge in [0.05, 0.1) is 12.9 Å². The zero-order valence-electron chi connectivity index (χ0n) is 14.9. The van der Waals surface area contributed by atoms with Crippen LogP contribution in [0.4, 0.5) is 0 Å². The van der Waals surface area contributed by atoms with Crippen molar-refractivity contribution in [2.75, 3.05) is 13.7 Å². The summed E-state index contributed by atoms with van der Waals surface area (Å²) in [6.07, 6.45) is 3.33. The van der Waals surface area contributed by atoms with Crippen molar-refractivity contribution in [3.63, 3.8) is 0 Å². The van der Waals surface area contributed by atoms with Crippen LogP contribution in [0, 0.1) is 0 Å². The molecule has 5 heteroatoms. The zero-order chi connectivity index (χ0) is 18.7. The Bertz CT molecular complexity index is 988. The Kier molecular flexibility index (Phi) is 5.47. The summed E-state index contributed by atoms with van der Waals surface area (Å²) >= 11 is 3.51. The number of carbonyl (C=O) groups excluding carboxylic acids is 1. The van der Waals surface area contributed by atoms with Gasteiger partial charge in [0.1, 0.15) is 11.3 Å². The van der Waals surface area contributed by atoms with E-state index in [1.165, 1.54) is 0 Å². The van der Waals surface area contributed by atoms with Crippen molar-refractivity contribution in [2.45, 2.75) is 13.8 Å². The van der Waals surface area contributed by atoms with Crippen molar-refractivity contribution in [3.8, 4) is 16.9 Å². The summed E-state index contributed by atoms with van der Waals surface area (Å²) in [7, 11) is 1.61. The molecule has 0 aliphatic rings. The number of hydrogen-bond acceptors (Lipinski definition) is 3. The number of nitrogens with one attached hydrogen (secondary N) is 1. The average molecular weight is 414 g/mol. The first-order valence-corrected chi connectivity index (χ1v) is 9.17. The van der Waals surface area contributed by atoms with Crippen molar-refractivity contribution >= 4 is 38.4 Å². The first kappa shape index (κ1) is 18.3. The minimum Gasteiger partial charge on any atom is -0.493 e. The molecule has 1 heterocycles. The summed E-state index contributed by atoms with van der Waals surface area (Å²) in [5.41, 5.74) is 4.51. The number of amides is 1. The van der Waals surface area contributed by atoms with Crippen LogP contribution >= 0.6 is 15.9 Å². The lowest BCUT2D eigenvalue weighted by molar-refractivity contribution is -0.116. The third-order valence-electron chi connectivity index (χ3n) is 4.13. The summed E-state index contributed by atoms with van der Waals surface area (Å²) in [5.74, 6) is 0.553. The van der Waals surface area contributed by atoms with Crippen molar-refractivity contribution in [1.29, 1.82) is 0 Å². The standard InChI is InChI=1S/C21H20BrNO3/c1-4-25-19-11-20-17(10-16(19)13(2)8-21(24)23-3)18(12-26-20)14-6-5-7-15(22)9-14/h5-12H,4H2,1-3H3,(H,23,24)/b13-8+. The maximum atomic E-state index is 11.8. The molecule has 3 rings (SSSR count). The average Bonchev–Trinajstić information content (AvgIpc) is 3.04. The highest BCUT2D eigenvalue weighted by molar-refractivity contribution is 9.10. The molecule has 134 valence electrons. The van der Waals surface area contributed by atoms with E-state index in [0.29, 0.717) is 12.4 Å². The molecule has 0 unspecified atom stereocenters. The highest BCUT2D eigenvalue weighted by atomic mass is 79.9. The summed E-state index contributed by atoms with van der Waals surface area (Å²) in [6, 6.07) is 12.0. The molecule has 1 N–H and O–H groups in total. The third kappa shape index (κ3) is 3.68. The summed E-state index contributed by atoms with van der Waals surface area (Å²) < 4.78 is 12.6. The van der Waals surface area contributed by atoms with Crippen LogP contribution in [0.3, 0.4) is 0 Å². The summed E-state index contributed by atoms with van der Waals surface area (Å²) in [4.78, 5) is 11.8. The number of fused-ring (bicyclic) bond motifs is 1. The van der Waals surface area contributed by atoms with E-state index < -0.39 is 0 Å². The van der Waals surface area contributed by atoms with Gasteiger partial charge in [-0.25, -0.2) is 0 Å². The monoisotopic (exact) mass is 413 g/mol. The molecular formula is C21H20BrNO3.